The molecule has 2 N–H and O–H groups in total. The molecule has 0 heterocycles. The number of rotatable bonds is 5. The standard InChI is InChI=1S/C18H20FNO/c19-16-11-15(18(13-20)9-4-10-18)7-8-17(16)21-12-14-5-2-1-3-6-14/h1-3,5-8,11H,4,9-10,12-13,20H2. The SMILES string of the molecule is NCC1(c2ccc(OCc3ccccc3)c(F)c2)CCC1. The summed E-state index contributed by atoms with van der Waals surface area (Å²) in [6.07, 6.45) is 3.27. The highest BCUT2D eigenvalue weighted by Crippen LogP contribution is 2.43. The average molecular weight is 285 g/mol. The van der Waals surface area contributed by atoms with Crippen molar-refractivity contribution in [2.45, 2.75) is 31.3 Å². The van der Waals surface area contributed by atoms with Crippen molar-refractivity contribution in [1.82, 2.24) is 0 Å². The van der Waals surface area contributed by atoms with Crippen molar-refractivity contribution in [1.29, 1.82) is 0 Å². The Morgan fingerprint density at radius 3 is 2.43 bits per heavy atom. The van der Waals surface area contributed by atoms with Crippen molar-refractivity contribution in [2.75, 3.05) is 6.54 Å². The first-order valence-electron chi connectivity index (χ1n) is 7.40. The lowest BCUT2D eigenvalue weighted by atomic mass is 9.64. The van der Waals surface area contributed by atoms with Crippen LogP contribution in [0, 0.1) is 5.82 Å². The van der Waals surface area contributed by atoms with Crippen LogP contribution < -0.4 is 10.5 Å². The number of hydrogen-bond donors (Lipinski definition) is 1. The van der Waals surface area contributed by atoms with Gasteiger partial charge in [0.1, 0.15) is 6.61 Å². The highest BCUT2D eigenvalue weighted by Gasteiger charge is 2.37. The fourth-order valence-corrected chi connectivity index (χ4v) is 2.90. The second kappa shape index (κ2) is 5.86. The summed E-state index contributed by atoms with van der Waals surface area (Å²) in [7, 11) is 0. The third kappa shape index (κ3) is 2.79. The Hall–Kier alpha value is -1.87. The van der Waals surface area contributed by atoms with Gasteiger partial charge in [0, 0.05) is 12.0 Å². The van der Waals surface area contributed by atoms with E-state index in [9.17, 15) is 4.39 Å². The van der Waals surface area contributed by atoms with Crippen molar-refractivity contribution in [3.05, 3.63) is 65.5 Å². The smallest absolute Gasteiger partial charge is 0.165 e. The molecule has 0 bridgehead atoms. The molecule has 1 saturated carbocycles. The molecule has 0 aliphatic heterocycles. The Morgan fingerprint density at radius 1 is 1.10 bits per heavy atom. The lowest BCUT2D eigenvalue weighted by Crippen LogP contribution is -2.41. The minimum absolute atomic E-state index is 0.0151. The zero-order valence-electron chi connectivity index (χ0n) is 12.0. The molecule has 1 aliphatic carbocycles. The molecule has 1 fully saturated rings. The summed E-state index contributed by atoms with van der Waals surface area (Å²) in [5.41, 5.74) is 7.88. The van der Waals surface area contributed by atoms with Gasteiger partial charge in [-0.1, -0.05) is 42.8 Å². The van der Waals surface area contributed by atoms with Gasteiger partial charge in [-0.15, -0.1) is 0 Å². The van der Waals surface area contributed by atoms with E-state index in [1.54, 1.807) is 12.1 Å². The minimum atomic E-state index is -0.303. The molecule has 1 aliphatic rings. The van der Waals surface area contributed by atoms with Crippen LogP contribution in [0.2, 0.25) is 0 Å². The molecule has 0 atom stereocenters. The predicted octanol–water partition coefficient (Wildman–Crippen LogP) is 3.79. The summed E-state index contributed by atoms with van der Waals surface area (Å²) in [6.45, 7) is 0.954. The van der Waals surface area contributed by atoms with Crippen LogP contribution in [-0.2, 0) is 12.0 Å². The number of benzene rings is 2. The highest BCUT2D eigenvalue weighted by atomic mass is 19.1. The molecule has 21 heavy (non-hydrogen) atoms. The van der Waals surface area contributed by atoms with Gasteiger partial charge < -0.3 is 10.5 Å². The van der Waals surface area contributed by atoms with Crippen molar-refractivity contribution < 1.29 is 9.13 Å². The molecule has 3 heteroatoms. The van der Waals surface area contributed by atoms with E-state index >= 15 is 0 Å². The maximum atomic E-state index is 14.2. The molecule has 110 valence electrons. The van der Waals surface area contributed by atoms with Crippen LogP contribution in [0.4, 0.5) is 4.39 Å². The van der Waals surface area contributed by atoms with Crippen LogP contribution >= 0.6 is 0 Å². The maximum absolute atomic E-state index is 14.2. The summed E-state index contributed by atoms with van der Waals surface area (Å²) in [5.74, 6) is -0.00254. The highest BCUT2D eigenvalue weighted by molar-refractivity contribution is 5.36. The molecular weight excluding hydrogens is 265 g/mol. The van der Waals surface area contributed by atoms with Gasteiger partial charge in [0.05, 0.1) is 0 Å². The van der Waals surface area contributed by atoms with Crippen LogP contribution in [0.1, 0.15) is 30.4 Å². The quantitative estimate of drug-likeness (QED) is 0.907. The summed E-state index contributed by atoms with van der Waals surface area (Å²) in [5, 5.41) is 0. The first-order valence-corrected chi connectivity index (χ1v) is 7.40. The molecule has 2 aromatic rings. The molecule has 0 radical (unpaired) electrons. The van der Waals surface area contributed by atoms with Gasteiger partial charge in [-0.25, -0.2) is 4.39 Å². The zero-order valence-corrected chi connectivity index (χ0v) is 12.0. The minimum Gasteiger partial charge on any atom is -0.486 e. The molecule has 0 saturated heterocycles. The van der Waals surface area contributed by atoms with E-state index in [0.29, 0.717) is 18.9 Å². The summed E-state index contributed by atoms with van der Waals surface area (Å²) in [6, 6.07) is 15.0. The van der Waals surface area contributed by atoms with Crippen molar-refractivity contribution >= 4 is 0 Å². The lowest BCUT2D eigenvalue weighted by Gasteiger charge is -2.41. The van der Waals surface area contributed by atoms with Gasteiger partial charge in [0.25, 0.3) is 0 Å². The van der Waals surface area contributed by atoms with Crippen LogP contribution in [0.15, 0.2) is 48.5 Å². The Morgan fingerprint density at radius 2 is 1.86 bits per heavy atom. The van der Waals surface area contributed by atoms with Gasteiger partial charge in [-0.05, 0) is 36.1 Å². The largest absolute Gasteiger partial charge is 0.486 e. The number of halogens is 1. The van der Waals surface area contributed by atoms with E-state index in [2.05, 4.69) is 0 Å². The van der Waals surface area contributed by atoms with Gasteiger partial charge >= 0.3 is 0 Å². The molecule has 0 unspecified atom stereocenters. The topological polar surface area (TPSA) is 35.2 Å². The molecule has 0 aromatic heterocycles. The monoisotopic (exact) mass is 285 g/mol. The predicted molar refractivity (Wildman–Crippen MR) is 81.8 cm³/mol. The van der Waals surface area contributed by atoms with Crippen LogP contribution in [-0.4, -0.2) is 6.54 Å². The van der Waals surface area contributed by atoms with E-state index in [1.165, 1.54) is 6.42 Å². The van der Waals surface area contributed by atoms with Gasteiger partial charge in [0.15, 0.2) is 11.6 Å². The molecule has 0 amide bonds. The molecule has 0 spiro atoms. The molecular formula is C18H20FNO. The van der Waals surface area contributed by atoms with E-state index in [1.807, 2.05) is 36.4 Å². The Bertz CT molecular complexity index is 602. The fourth-order valence-electron chi connectivity index (χ4n) is 2.90. The van der Waals surface area contributed by atoms with Crippen molar-refractivity contribution in [2.24, 2.45) is 5.73 Å². The van der Waals surface area contributed by atoms with Gasteiger partial charge in [0.2, 0.25) is 0 Å². The third-order valence-electron chi connectivity index (χ3n) is 4.48. The normalized spacial score (nSPS) is 16.3. The number of nitrogens with two attached hydrogens (primary N) is 1. The van der Waals surface area contributed by atoms with E-state index < -0.39 is 0 Å². The lowest BCUT2D eigenvalue weighted by molar-refractivity contribution is 0.250. The van der Waals surface area contributed by atoms with Gasteiger partial charge in [-0.3, -0.25) is 0 Å². The Labute approximate surface area is 124 Å². The van der Waals surface area contributed by atoms with Gasteiger partial charge in [-0.2, -0.15) is 0 Å². The molecule has 2 aromatic carbocycles. The summed E-state index contributed by atoms with van der Waals surface area (Å²) in [4.78, 5) is 0. The summed E-state index contributed by atoms with van der Waals surface area (Å²) >= 11 is 0. The fraction of sp³-hybridized carbons (Fsp3) is 0.333. The maximum Gasteiger partial charge on any atom is 0.165 e. The van der Waals surface area contributed by atoms with Crippen LogP contribution in [0.5, 0.6) is 5.75 Å². The van der Waals surface area contributed by atoms with Crippen molar-refractivity contribution in [3.8, 4) is 5.75 Å². The average Bonchev–Trinajstić information content (AvgIpc) is 2.47. The van der Waals surface area contributed by atoms with Crippen LogP contribution in [0.3, 0.4) is 0 Å². The van der Waals surface area contributed by atoms with Crippen molar-refractivity contribution in [3.63, 3.8) is 0 Å². The second-order valence-electron chi connectivity index (χ2n) is 5.76. The molecule has 3 rings (SSSR count). The Kier molecular flexibility index (Phi) is 3.93. The number of ether oxygens (including phenoxy) is 1. The van der Waals surface area contributed by atoms with E-state index in [4.69, 9.17) is 10.5 Å². The second-order valence-corrected chi connectivity index (χ2v) is 5.76. The first kappa shape index (κ1) is 14.1. The van der Waals surface area contributed by atoms with E-state index in [0.717, 1.165) is 24.0 Å². The van der Waals surface area contributed by atoms with Crippen LogP contribution in [0.25, 0.3) is 0 Å². The Balaban J connectivity index is 1.73. The third-order valence-corrected chi connectivity index (χ3v) is 4.48. The number of hydrogen-bond acceptors (Lipinski definition) is 2. The first-order chi connectivity index (χ1) is 10.2. The summed E-state index contributed by atoms with van der Waals surface area (Å²) < 4.78 is 19.8. The molecule has 2 nitrogen and oxygen atoms in total. The van der Waals surface area contributed by atoms with E-state index in [-0.39, 0.29) is 11.2 Å². The zero-order chi connectivity index (χ0) is 14.7.